The highest BCUT2D eigenvalue weighted by Gasteiger charge is 2.20. The monoisotopic (exact) mass is 448 g/mol. The molecule has 1 heterocycles. The Morgan fingerprint density at radius 3 is 2.55 bits per heavy atom. The van der Waals surface area contributed by atoms with Crippen molar-refractivity contribution < 1.29 is 23.3 Å². The number of unbranched alkanes of at least 4 members (excludes halogenated alkanes) is 1. The van der Waals surface area contributed by atoms with E-state index < -0.39 is 10.0 Å². The third kappa shape index (κ3) is 6.49. The van der Waals surface area contributed by atoms with Crippen LogP contribution in [0, 0.1) is 4.91 Å². The molecule has 2 N–H and O–H groups in total. The number of hydrogen-bond acceptors (Lipinski definition) is 5. The Morgan fingerprint density at radius 1 is 1.13 bits per heavy atom. The van der Waals surface area contributed by atoms with Crippen LogP contribution in [-0.2, 0) is 23.0 Å². The molecular weight excluding hydrogens is 418 g/mol. The molecule has 1 aliphatic rings. The standard InChI is InChI=1S/C22H30N3O5S/c1-17(2)30-21-7-9-22(10-8-21)31(28,29)23-12-3-4-13-24-14-11-18-5-6-20(25(26)27)15-19(18)16-24/h5-10,15,17,23H,3-4,11-14,16H2,1-2H3,(H,26,27)/q+1. The van der Waals surface area contributed by atoms with Crippen LogP contribution < -0.4 is 9.46 Å². The minimum atomic E-state index is -3.54. The van der Waals surface area contributed by atoms with Crippen molar-refractivity contribution in [2.24, 2.45) is 0 Å². The second-order valence-corrected chi connectivity index (χ2v) is 9.76. The molecule has 31 heavy (non-hydrogen) atoms. The summed E-state index contributed by atoms with van der Waals surface area (Å²) in [6.45, 7) is 6.68. The lowest BCUT2D eigenvalue weighted by Gasteiger charge is -2.28. The van der Waals surface area contributed by atoms with E-state index in [1.54, 1.807) is 36.4 Å². The van der Waals surface area contributed by atoms with Crippen LogP contribution in [0.4, 0.5) is 5.69 Å². The van der Waals surface area contributed by atoms with Crippen molar-refractivity contribution in [2.75, 3.05) is 19.6 Å². The molecular formula is C22H30N3O5S+. The molecule has 0 radical (unpaired) electrons. The first-order chi connectivity index (χ1) is 14.7. The molecule has 8 nitrogen and oxygen atoms in total. The van der Waals surface area contributed by atoms with Gasteiger partial charge in [0.2, 0.25) is 10.0 Å². The molecule has 9 heteroatoms. The molecule has 0 saturated carbocycles. The Kier molecular flexibility index (Phi) is 7.64. The highest BCUT2D eigenvalue weighted by Crippen LogP contribution is 2.24. The SMILES string of the molecule is CC(C)Oc1ccc(S(=O)(=O)NCCCCN2CCc3ccc([N+](=O)O)cc3C2)cc1. The summed E-state index contributed by atoms with van der Waals surface area (Å²) in [5, 5.41) is 9.09. The van der Waals surface area contributed by atoms with Crippen molar-refractivity contribution in [2.45, 2.75) is 50.7 Å². The van der Waals surface area contributed by atoms with Gasteiger partial charge in [0.05, 0.1) is 15.9 Å². The minimum absolute atomic E-state index is 0.0343. The van der Waals surface area contributed by atoms with Crippen molar-refractivity contribution in [1.82, 2.24) is 9.62 Å². The summed E-state index contributed by atoms with van der Waals surface area (Å²) in [6, 6.07) is 11.7. The van der Waals surface area contributed by atoms with Gasteiger partial charge in [-0.3, -0.25) is 4.90 Å². The van der Waals surface area contributed by atoms with Crippen molar-refractivity contribution in [3.8, 4) is 5.75 Å². The number of hydrogen-bond donors (Lipinski definition) is 2. The molecule has 0 spiro atoms. The Balaban J connectivity index is 1.43. The van der Waals surface area contributed by atoms with Gasteiger partial charge >= 0.3 is 5.69 Å². The fourth-order valence-electron chi connectivity index (χ4n) is 3.63. The van der Waals surface area contributed by atoms with Gasteiger partial charge in [0.1, 0.15) is 5.75 Å². The Labute approximate surface area is 183 Å². The average Bonchev–Trinajstić information content (AvgIpc) is 2.72. The molecule has 0 unspecified atom stereocenters. The van der Waals surface area contributed by atoms with Gasteiger partial charge < -0.3 is 4.74 Å². The summed E-state index contributed by atoms with van der Waals surface area (Å²) in [6.07, 6.45) is 2.50. The van der Waals surface area contributed by atoms with Gasteiger partial charge in [-0.2, -0.15) is 0 Å². The van der Waals surface area contributed by atoms with Gasteiger partial charge in [-0.1, -0.05) is 6.07 Å². The van der Waals surface area contributed by atoms with Crippen LogP contribution in [0.15, 0.2) is 47.4 Å². The van der Waals surface area contributed by atoms with E-state index in [-0.39, 0.29) is 21.6 Å². The number of benzene rings is 2. The summed E-state index contributed by atoms with van der Waals surface area (Å²) in [5.74, 6) is 0.645. The Hall–Kier alpha value is -2.49. The molecule has 0 amide bonds. The van der Waals surface area contributed by atoms with Crippen LogP contribution in [0.25, 0.3) is 0 Å². The molecule has 3 rings (SSSR count). The first-order valence-corrected chi connectivity index (χ1v) is 12.0. The number of sulfonamides is 1. The summed E-state index contributed by atoms with van der Waals surface area (Å²) >= 11 is 0. The van der Waals surface area contributed by atoms with Crippen LogP contribution in [0.5, 0.6) is 5.75 Å². The van der Waals surface area contributed by atoms with Gasteiger partial charge in [0, 0.05) is 31.8 Å². The zero-order valence-corrected chi connectivity index (χ0v) is 18.8. The van der Waals surface area contributed by atoms with E-state index >= 15 is 0 Å². The van der Waals surface area contributed by atoms with E-state index in [1.807, 2.05) is 19.9 Å². The van der Waals surface area contributed by atoms with Crippen molar-refractivity contribution >= 4 is 15.7 Å². The number of nitrogens with one attached hydrogen (secondary N) is 1. The summed E-state index contributed by atoms with van der Waals surface area (Å²) in [5.41, 5.74) is 2.47. The third-order valence-corrected chi connectivity index (χ3v) is 6.68. The molecule has 2 aromatic carbocycles. The molecule has 0 fully saturated rings. The first kappa shape index (κ1) is 23.2. The molecule has 0 aliphatic carbocycles. The summed E-state index contributed by atoms with van der Waals surface area (Å²) < 4.78 is 33.1. The van der Waals surface area contributed by atoms with E-state index in [9.17, 15) is 13.3 Å². The van der Waals surface area contributed by atoms with Crippen molar-refractivity contribution in [3.63, 3.8) is 0 Å². The molecule has 0 bridgehead atoms. The predicted molar refractivity (Wildman–Crippen MR) is 117 cm³/mol. The van der Waals surface area contributed by atoms with E-state index in [1.165, 1.54) is 5.56 Å². The lowest BCUT2D eigenvalue weighted by Crippen LogP contribution is -2.32. The maximum Gasteiger partial charge on any atom is 0.316 e. The van der Waals surface area contributed by atoms with Gasteiger partial charge in [0.15, 0.2) is 0 Å². The number of fused-ring (bicyclic) bond motifs is 1. The van der Waals surface area contributed by atoms with Crippen molar-refractivity contribution in [1.29, 1.82) is 0 Å². The van der Waals surface area contributed by atoms with Gasteiger partial charge in [-0.25, -0.2) is 18.3 Å². The van der Waals surface area contributed by atoms with Crippen molar-refractivity contribution in [3.05, 3.63) is 58.5 Å². The lowest BCUT2D eigenvalue weighted by molar-refractivity contribution is -0.729. The smallest absolute Gasteiger partial charge is 0.316 e. The Bertz CT molecular complexity index is 1010. The second-order valence-electron chi connectivity index (χ2n) is 7.99. The number of ether oxygens (including phenoxy) is 1. The van der Waals surface area contributed by atoms with Gasteiger partial charge in [-0.15, -0.1) is 0 Å². The van der Waals surface area contributed by atoms with Gasteiger partial charge in [-0.05, 0) is 75.0 Å². The second kappa shape index (κ2) is 10.2. The van der Waals surface area contributed by atoms with Crippen LogP contribution in [-0.4, -0.2) is 49.2 Å². The fourth-order valence-corrected chi connectivity index (χ4v) is 4.71. The topological polar surface area (TPSA) is 99.0 Å². The zero-order valence-electron chi connectivity index (χ0n) is 18.0. The predicted octanol–water partition coefficient (Wildman–Crippen LogP) is 3.39. The van der Waals surface area contributed by atoms with E-state index in [0.29, 0.717) is 18.8 Å². The molecule has 0 aromatic heterocycles. The fraction of sp³-hybridized carbons (Fsp3) is 0.455. The highest BCUT2D eigenvalue weighted by atomic mass is 32.2. The van der Waals surface area contributed by atoms with Crippen LogP contribution in [0.3, 0.4) is 0 Å². The highest BCUT2D eigenvalue weighted by molar-refractivity contribution is 7.89. The Morgan fingerprint density at radius 2 is 1.87 bits per heavy atom. The largest absolute Gasteiger partial charge is 0.491 e. The van der Waals surface area contributed by atoms with E-state index in [0.717, 1.165) is 37.9 Å². The molecule has 2 aromatic rings. The molecule has 0 saturated heterocycles. The van der Waals surface area contributed by atoms with E-state index in [4.69, 9.17) is 9.94 Å². The van der Waals surface area contributed by atoms with E-state index in [2.05, 4.69) is 9.62 Å². The quantitative estimate of drug-likeness (QED) is 0.427. The summed E-state index contributed by atoms with van der Waals surface area (Å²) in [7, 11) is -3.54. The molecule has 0 atom stereocenters. The van der Waals surface area contributed by atoms with Crippen LogP contribution in [0.2, 0.25) is 0 Å². The maximum atomic E-state index is 12.4. The number of nitrogens with zero attached hydrogens (tertiary/aromatic N) is 2. The van der Waals surface area contributed by atoms with Crippen LogP contribution >= 0.6 is 0 Å². The summed E-state index contributed by atoms with van der Waals surface area (Å²) in [4.78, 5) is 13.5. The van der Waals surface area contributed by atoms with Crippen LogP contribution in [0.1, 0.15) is 37.8 Å². The maximum absolute atomic E-state index is 12.4. The average molecular weight is 449 g/mol. The minimum Gasteiger partial charge on any atom is -0.491 e. The first-order valence-electron chi connectivity index (χ1n) is 10.5. The number of rotatable bonds is 10. The molecule has 168 valence electrons. The van der Waals surface area contributed by atoms with Gasteiger partial charge in [0.25, 0.3) is 4.92 Å². The lowest BCUT2D eigenvalue weighted by atomic mass is 9.99. The third-order valence-electron chi connectivity index (χ3n) is 5.20. The normalized spacial score (nSPS) is 14.4. The molecule has 1 aliphatic heterocycles. The zero-order chi connectivity index (χ0) is 22.4.